The second-order valence-electron chi connectivity index (χ2n) is 7.15. The summed E-state index contributed by atoms with van der Waals surface area (Å²) in [4.78, 5) is 12.3. The summed E-state index contributed by atoms with van der Waals surface area (Å²) in [6, 6.07) is 11.5. The topological polar surface area (TPSA) is 71.4 Å². The molecule has 0 heterocycles. The highest BCUT2D eigenvalue weighted by molar-refractivity contribution is 6.01. The molecule has 0 radical (unpaired) electrons. The number of hydrogen-bond donors (Lipinski definition) is 1. The first kappa shape index (κ1) is 23.7. The average Bonchev–Trinajstić information content (AvgIpc) is 2.72. The van der Waals surface area contributed by atoms with E-state index in [1.54, 1.807) is 24.3 Å². The van der Waals surface area contributed by atoms with E-state index in [2.05, 4.69) is 11.9 Å². The van der Waals surface area contributed by atoms with Gasteiger partial charge in [-0.1, -0.05) is 18.2 Å². The first-order chi connectivity index (χ1) is 14.9. The lowest BCUT2D eigenvalue weighted by Gasteiger charge is -2.17. The van der Waals surface area contributed by atoms with E-state index in [0.29, 0.717) is 30.1 Å². The third kappa shape index (κ3) is 7.00. The normalized spacial score (nSPS) is 11.0. The Morgan fingerprint density at radius 1 is 1.26 bits per heavy atom. The molecule has 0 aliphatic carbocycles. The van der Waals surface area contributed by atoms with Crippen molar-refractivity contribution in [2.75, 3.05) is 6.61 Å². The van der Waals surface area contributed by atoms with Crippen LogP contribution in [0.3, 0.4) is 0 Å². The Hall–Kier alpha value is -3.59. The zero-order valence-electron chi connectivity index (χ0n) is 18.1. The molecule has 162 valence electrons. The lowest BCUT2D eigenvalue weighted by molar-refractivity contribution is -0.117. The summed E-state index contributed by atoms with van der Waals surface area (Å²) in [6.45, 7) is 9.96. The molecule has 0 aliphatic rings. The van der Waals surface area contributed by atoms with Crippen molar-refractivity contribution in [3.05, 3.63) is 77.1 Å². The van der Waals surface area contributed by atoms with Gasteiger partial charge in [0.15, 0.2) is 11.5 Å². The number of halogens is 1. The van der Waals surface area contributed by atoms with Gasteiger partial charge in [-0.25, -0.2) is 4.39 Å². The van der Waals surface area contributed by atoms with E-state index in [1.807, 2.05) is 32.9 Å². The van der Waals surface area contributed by atoms with E-state index in [9.17, 15) is 14.4 Å². The average molecular weight is 423 g/mol. The zero-order chi connectivity index (χ0) is 22.8. The second-order valence-corrected chi connectivity index (χ2v) is 7.15. The fourth-order valence-electron chi connectivity index (χ4n) is 2.89. The molecule has 6 heteroatoms. The molecule has 0 saturated carbocycles. The monoisotopic (exact) mass is 422 g/mol. The van der Waals surface area contributed by atoms with Crippen LogP contribution in [0.1, 0.15) is 37.5 Å². The van der Waals surface area contributed by atoms with Crippen LogP contribution in [0.2, 0.25) is 0 Å². The van der Waals surface area contributed by atoms with Crippen molar-refractivity contribution in [3.63, 3.8) is 0 Å². The Morgan fingerprint density at radius 3 is 2.55 bits per heavy atom. The quantitative estimate of drug-likeness (QED) is 0.334. The van der Waals surface area contributed by atoms with Gasteiger partial charge < -0.3 is 14.8 Å². The van der Waals surface area contributed by atoms with Crippen LogP contribution in [0.25, 0.3) is 6.08 Å². The number of nitriles is 1. The highest BCUT2D eigenvalue weighted by Crippen LogP contribution is 2.35. The van der Waals surface area contributed by atoms with Gasteiger partial charge in [0.25, 0.3) is 5.91 Å². The minimum Gasteiger partial charge on any atom is -0.490 e. The number of hydrogen-bond acceptors (Lipinski definition) is 4. The van der Waals surface area contributed by atoms with Gasteiger partial charge in [0.2, 0.25) is 0 Å². The van der Waals surface area contributed by atoms with Crippen molar-refractivity contribution >= 4 is 12.0 Å². The molecular weight excluding hydrogens is 395 g/mol. The van der Waals surface area contributed by atoms with E-state index in [0.717, 1.165) is 11.1 Å². The summed E-state index contributed by atoms with van der Waals surface area (Å²) >= 11 is 0. The second kappa shape index (κ2) is 11.6. The predicted molar refractivity (Wildman–Crippen MR) is 119 cm³/mol. The Morgan fingerprint density at radius 2 is 1.97 bits per heavy atom. The Labute approximate surface area is 182 Å². The number of carbonyl (C=O) groups is 1. The zero-order valence-corrected chi connectivity index (χ0v) is 18.1. The van der Waals surface area contributed by atoms with Crippen molar-refractivity contribution in [2.24, 2.45) is 0 Å². The summed E-state index contributed by atoms with van der Waals surface area (Å²) in [7, 11) is 0. The number of benzene rings is 2. The van der Waals surface area contributed by atoms with Crippen LogP contribution in [0.5, 0.6) is 11.5 Å². The number of allylic oxidation sites excluding steroid dienone is 1. The molecule has 1 N–H and O–H groups in total. The first-order valence-corrected chi connectivity index (χ1v) is 10.1. The maximum Gasteiger partial charge on any atom is 0.262 e. The van der Waals surface area contributed by atoms with Crippen LogP contribution < -0.4 is 14.8 Å². The van der Waals surface area contributed by atoms with Crippen molar-refractivity contribution in [2.45, 2.75) is 39.8 Å². The summed E-state index contributed by atoms with van der Waals surface area (Å²) in [5.41, 5.74) is 2.26. The van der Waals surface area contributed by atoms with Gasteiger partial charge in [-0.15, -0.1) is 6.58 Å². The lowest BCUT2D eigenvalue weighted by atomic mass is 10.0. The third-order valence-electron chi connectivity index (χ3n) is 4.21. The van der Waals surface area contributed by atoms with Crippen LogP contribution in [0.4, 0.5) is 4.39 Å². The molecule has 0 aromatic heterocycles. The molecule has 2 rings (SSSR count). The molecule has 0 spiro atoms. The molecule has 0 aliphatic heterocycles. The van der Waals surface area contributed by atoms with Gasteiger partial charge in [-0.2, -0.15) is 5.26 Å². The lowest BCUT2D eigenvalue weighted by Crippen LogP contribution is -2.30. The standard InChI is InChI=1S/C25H27FN2O3/c1-5-7-20-12-19(13-21(15-27)25(29)28-17(3)4)14-23(30-6-2)24(20)31-16-18-8-10-22(26)11-9-18/h5,8-14,17H,1,6-7,16H2,2-4H3,(H,28,29)/b21-13-. The molecule has 0 saturated heterocycles. The fraction of sp³-hybridized carbons (Fsp3) is 0.280. The number of amides is 1. The van der Waals surface area contributed by atoms with Crippen LogP contribution in [-0.2, 0) is 17.8 Å². The van der Waals surface area contributed by atoms with Gasteiger partial charge >= 0.3 is 0 Å². The molecule has 0 fully saturated rings. The maximum absolute atomic E-state index is 13.2. The minimum absolute atomic E-state index is 0.000632. The predicted octanol–water partition coefficient (Wildman–Crippen LogP) is 4.96. The van der Waals surface area contributed by atoms with Gasteiger partial charge in [0.1, 0.15) is 24.1 Å². The smallest absolute Gasteiger partial charge is 0.262 e. The number of rotatable bonds is 10. The molecule has 2 aromatic rings. The van der Waals surface area contributed by atoms with Crippen molar-refractivity contribution in [3.8, 4) is 17.6 Å². The van der Waals surface area contributed by atoms with Crippen LogP contribution in [0, 0.1) is 17.1 Å². The van der Waals surface area contributed by atoms with Gasteiger partial charge in [0.05, 0.1) is 6.61 Å². The summed E-state index contributed by atoms with van der Waals surface area (Å²) in [5.74, 6) is 0.305. The number of nitrogens with zero attached hydrogens (tertiary/aromatic N) is 1. The Bertz CT molecular complexity index is 989. The fourth-order valence-corrected chi connectivity index (χ4v) is 2.89. The molecule has 0 atom stereocenters. The SMILES string of the molecule is C=CCc1cc(/C=C(/C#N)C(=O)NC(C)C)cc(OCC)c1OCc1ccc(F)cc1. The molecule has 2 aromatic carbocycles. The van der Waals surface area contributed by atoms with E-state index in [1.165, 1.54) is 18.2 Å². The summed E-state index contributed by atoms with van der Waals surface area (Å²) in [6.07, 6.45) is 3.76. The summed E-state index contributed by atoms with van der Waals surface area (Å²) < 4.78 is 25.0. The molecule has 31 heavy (non-hydrogen) atoms. The first-order valence-electron chi connectivity index (χ1n) is 10.1. The molecule has 1 amide bonds. The van der Waals surface area contributed by atoms with E-state index >= 15 is 0 Å². The minimum atomic E-state index is -0.433. The highest BCUT2D eigenvalue weighted by Gasteiger charge is 2.15. The third-order valence-corrected chi connectivity index (χ3v) is 4.21. The van der Waals surface area contributed by atoms with Crippen molar-refractivity contribution in [1.82, 2.24) is 5.32 Å². The van der Waals surface area contributed by atoms with Crippen LogP contribution >= 0.6 is 0 Å². The number of ether oxygens (including phenoxy) is 2. The van der Waals surface area contributed by atoms with Gasteiger partial charge in [0, 0.05) is 11.6 Å². The highest BCUT2D eigenvalue weighted by atomic mass is 19.1. The molecule has 5 nitrogen and oxygen atoms in total. The number of carbonyl (C=O) groups excluding carboxylic acids is 1. The molecular formula is C25H27FN2O3. The van der Waals surface area contributed by atoms with Crippen LogP contribution in [-0.4, -0.2) is 18.6 Å². The number of nitrogens with one attached hydrogen (secondary N) is 1. The largest absolute Gasteiger partial charge is 0.490 e. The van der Waals surface area contributed by atoms with Gasteiger partial charge in [-0.3, -0.25) is 4.79 Å². The van der Waals surface area contributed by atoms with E-state index in [4.69, 9.17) is 9.47 Å². The maximum atomic E-state index is 13.2. The van der Waals surface area contributed by atoms with Crippen molar-refractivity contribution in [1.29, 1.82) is 5.26 Å². The summed E-state index contributed by atoms with van der Waals surface area (Å²) in [5, 5.41) is 12.1. The van der Waals surface area contributed by atoms with Crippen LogP contribution in [0.15, 0.2) is 54.6 Å². The van der Waals surface area contributed by atoms with E-state index < -0.39 is 5.91 Å². The molecule has 0 unspecified atom stereocenters. The Balaban J connectivity index is 2.42. The Kier molecular flexibility index (Phi) is 8.83. The van der Waals surface area contributed by atoms with Gasteiger partial charge in [-0.05, 0) is 68.7 Å². The molecule has 0 bridgehead atoms. The van der Waals surface area contributed by atoms with Crippen molar-refractivity contribution < 1.29 is 18.7 Å². The van der Waals surface area contributed by atoms with E-state index in [-0.39, 0.29) is 24.0 Å².